The Bertz CT molecular complexity index is 379. The summed E-state index contributed by atoms with van der Waals surface area (Å²) in [5.74, 6) is 0.0683. The van der Waals surface area contributed by atoms with Crippen molar-refractivity contribution in [2.45, 2.75) is 6.92 Å². The normalized spacial score (nSPS) is 10.3. The predicted octanol–water partition coefficient (Wildman–Crippen LogP) is 2.50. The maximum atomic E-state index is 11.0. The fourth-order valence-corrected chi connectivity index (χ4v) is 1.13. The van der Waals surface area contributed by atoms with Crippen LogP contribution in [0.3, 0.4) is 0 Å². The average molecular weight is 202 g/mol. The maximum absolute atomic E-state index is 11.0. The lowest BCUT2D eigenvalue weighted by Crippen LogP contribution is -2.08. The van der Waals surface area contributed by atoms with E-state index in [1.165, 1.54) is 0 Å². The third kappa shape index (κ3) is 3.06. The second-order valence-electron chi connectivity index (χ2n) is 3.13. The number of rotatable bonds is 4. The number of anilines is 1. The molecule has 0 heterocycles. The highest BCUT2D eigenvalue weighted by molar-refractivity contribution is 5.94. The van der Waals surface area contributed by atoms with E-state index in [0.717, 1.165) is 5.69 Å². The van der Waals surface area contributed by atoms with E-state index in [1.807, 2.05) is 19.2 Å². The molecule has 0 saturated carbocycles. The lowest BCUT2D eigenvalue weighted by atomic mass is 10.1. The minimum atomic E-state index is 0.0683. The number of Topliss-reactive ketones (excluding diaryl/α,β-unsaturated/α-hetero) is 1. The van der Waals surface area contributed by atoms with E-state index >= 15 is 0 Å². The highest BCUT2D eigenvalue weighted by atomic mass is 16.1. The second-order valence-corrected chi connectivity index (χ2v) is 3.13. The molecular formula is C12H14N2O. The fraction of sp³-hybridized carbons (Fsp3) is 0.167. The Kier molecular flexibility index (Phi) is 3.80. The van der Waals surface area contributed by atoms with Gasteiger partial charge in [-0.05, 0) is 37.3 Å². The van der Waals surface area contributed by atoms with Gasteiger partial charge in [-0.15, -0.1) is 0 Å². The van der Waals surface area contributed by atoms with Gasteiger partial charge >= 0.3 is 0 Å². The van der Waals surface area contributed by atoms with Gasteiger partial charge in [0.15, 0.2) is 5.78 Å². The first-order valence-corrected chi connectivity index (χ1v) is 4.65. The standard InChI is InChI=1S/C12H14N2O/c1-4-9-13-14(3)12-7-5-11(6-8-12)10(2)15/h4-9H,1H2,2-3H3/b13-9-. The number of carbonyl (C=O) groups is 1. The Hall–Kier alpha value is -1.90. The van der Waals surface area contributed by atoms with Crippen LogP contribution < -0.4 is 5.01 Å². The summed E-state index contributed by atoms with van der Waals surface area (Å²) in [6.07, 6.45) is 3.22. The van der Waals surface area contributed by atoms with E-state index in [9.17, 15) is 4.79 Å². The molecule has 1 aromatic rings. The number of nitrogens with zero attached hydrogens (tertiary/aromatic N) is 2. The first-order valence-electron chi connectivity index (χ1n) is 4.65. The summed E-state index contributed by atoms with van der Waals surface area (Å²) < 4.78 is 0. The van der Waals surface area contributed by atoms with Crippen LogP contribution in [0.4, 0.5) is 5.69 Å². The van der Waals surface area contributed by atoms with Crippen LogP contribution in [0.15, 0.2) is 42.0 Å². The van der Waals surface area contributed by atoms with E-state index < -0.39 is 0 Å². The van der Waals surface area contributed by atoms with Crippen LogP contribution in [0.25, 0.3) is 0 Å². The Labute approximate surface area is 89.7 Å². The van der Waals surface area contributed by atoms with Gasteiger partial charge in [-0.25, -0.2) is 0 Å². The van der Waals surface area contributed by atoms with E-state index in [-0.39, 0.29) is 5.78 Å². The Balaban J connectivity index is 2.83. The topological polar surface area (TPSA) is 32.7 Å². The minimum absolute atomic E-state index is 0.0683. The summed E-state index contributed by atoms with van der Waals surface area (Å²) in [6.45, 7) is 5.09. The molecule has 0 atom stereocenters. The van der Waals surface area contributed by atoms with Gasteiger partial charge in [0.2, 0.25) is 0 Å². The lowest BCUT2D eigenvalue weighted by Gasteiger charge is -2.12. The zero-order chi connectivity index (χ0) is 11.3. The Morgan fingerprint density at radius 2 is 2.00 bits per heavy atom. The molecule has 0 saturated heterocycles. The number of ketones is 1. The lowest BCUT2D eigenvalue weighted by molar-refractivity contribution is 0.101. The number of hydrazone groups is 1. The molecule has 0 aliphatic heterocycles. The van der Waals surface area contributed by atoms with Gasteiger partial charge in [-0.2, -0.15) is 5.10 Å². The molecule has 0 N–H and O–H groups in total. The number of carbonyl (C=O) groups excluding carboxylic acids is 1. The van der Waals surface area contributed by atoms with Gasteiger partial charge in [0.1, 0.15) is 0 Å². The van der Waals surface area contributed by atoms with Gasteiger partial charge in [0.05, 0.1) is 5.69 Å². The highest BCUT2D eigenvalue weighted by Crippen LogP contribution is 2.14. The smallest absolute Gasteiger partial charge is 0.159 e. The predicted molar refractivity (Wildman–Crippen MR) is 63.5 cm³/mol. The molecule has 0 aliphatic carbocycles. The first-order chi connectivity index (χ1) is 7.15. The van der Waals surface area contributed by atoms with Crippen LogP contribution in [0.2, 0.25) is 0 Å². The van der Waals surface area contributed by atoms with Crippen LogP contribution >= 0.6 is 0 Å². The summed E-state index contributed by atoms with van der Waals surface area (Å²) in [4.78, 5) is 11.0. The zero-order valence-electron chi connectivity index (χ0n) is 8.97. The molecule has 3 heteroatoms. The van der Waals surface area contributed by atoms with Crippen molar-refractivity contribution < 1.29 is 4.79 Å². The summed E-state index contributed by atoms with van der Waals surface area (Å²) in [6, 6.07) is 7.30. The summed E-state index contributed by atoms with van der Waals surface area (Å²) in [7, 11) is 1.84. The van der Waals surface area contributed by atoms with Gasteiger partial charge in [0.25, 0.3) is 0 Å². The molecule has 0 amide bonds. The van der Waals surface area contributed by atoms with Crippen molar-refractivity contribution in [3.8, 4) is 0 Å². The van der Waals surface area contributed by atoms with Crippen LogP contribution in [0, 0.1) is 0 Å². The highest BCUT2D eigenvalue weighted by Gasteiger charge is 2.00. The van der Waals surface area contributed by atoms with Crippen molar-refractivity contribution in [2.75, 3.05) is 12.1 Å². The number of hydrogen-bond donors (Lipinski definition) is 0. The summed E-state index contributed by atoms with van der Waals surface area (Å²) in [5.41, 5.74) is 1.64. The summed E-state index contributed by atoms with van der Waals surface area (Å²) >= 11 is 0. The molecular weight excluding hydrogens is 188 g/mol. The molecule has 0 bridgehead atoms. The van der Waals surface area contributed by atoms with Crippen molar-refractivity contribution in [1.82, 2.24) is 0 Å². The monoisotopic (exact) mass is 202 g/mol. The molecule has 15 heavy (non-hydrogen) atoms. The Morgan fingerprint density at radius 3 is 2.47 bits per heavy atom. The van der Waals surface area contributed by atoms with Gasteiger partial charge in [0, 0.05) is 18.8 Å². The van der Waals surface area contributed by atoms with Crippen molar-refractivity contribution >= 4 is 17.7 Å². The molecule has 0 radical (unpaired) electrons. The maximum Gasteiger partial charge on any atom is 0.159 e. The van der Waals surface area contributed by atoms with Gasteiger partial charge < -0.3 is 0 Å². The average Bonchev–Trinajstić information content (AvgIpc) is 2.26. The van der Waals surface area contributed by atoms with Crippen molar-refractivity contribution in [3.05, 3.63) is 42.5 Å². The number of allylic oxidation sites excluding steroid dienone is 1. The van der Waals surface area contributed by atoms with E-state index in [0.29, 0.717) is 5.56 Å². The van der Waals surface area contributed by atoms with E-state index in [4.69, 9.17) is 0 Å². The first kappa shape index (κ1) is 11.2. The van der Waals surface area contributed by atoms with Crippen molar-refractivity contribution in [3.63, 3.8) is 0 Å². The molecule has 3 nitrogen and oxygen atoms in total. The van der Waals surface area contributed by atoms with Gasteiger partial charge in [-0.1, -0.05) is 6.58 Å². The third-order valence-corrected chi connectivity index (χ3v) is 1.99. The van der Waals surface area contributed by atoms with Crippen LogP contribution in [-0.2, 0) is 0 Å². The third-order valence-electron chi connectivity index (χ3n) is 1.99. The van der Waals surface area contributed by atoms with E-state index in [2.05, 4.69) is 11.7 Å². The summed E-state index contributed by atoms with van der Waals surface area (Å²) in [5, 5.41) is 5.81. The van der Waals surface area contributed by atoms with Gasteiger partial charge in [-0.3, -0.25) is 9.80 Å². The largest absolute Gasteiger partial charge is 0.295 e. The Morgan fingerprint density at radius 1 is 1.40 bits per heavy atom. The number of benzene rings is 1. The molecule has 0 unspecified atom stereocenters. The minimum Gasteiger partial charge on any atom is -0.295 e. The zero-order valence-corrected chi connectivity index (χ0v) is 8.97. The van der Waals surface area contributed by atoms with Crippen molar-refractivity contribution in [1.29, 1.82) is 0 Å². The molecule has 0 fully saturated rings. The molecule has 1 rings (SSSR count). The molecule has 0 aliphatic rings. The van der Waals surface area contributed by atoms with Crippen molar-refractivity contribution in [2.24, 2.45) is 5.10 Å². The van der Waals surface area contributed by atoms with Crippen LogP contribution in [0.5, 0.6) is 0 Å². The molecule has 78 valence electrons. The van der Waals surface area contributed by atoms with Crippen LogP contribution in [0.1, 0.15) is 17.3 Å². The fourth-order valence-electron chi connectivity index (χ4n) is 1.13. The molecule has 0 aromatic heterocycles. The van der Waals surface area contributed by atoms with E-state index in [1.54, 1.807) is 36.4 Å². The quantitative estimate of drug-likeness (QED) is 0.427. The molecule has 0 spiro atoms. The second kappa shape index (κ2) is 5.10. The number of hydrogen-bond acceptors (Lipinski definition) is 3. The molecule has 1 aromatic carbocycles. The SMILES string of the molecule is C=C/C=N\N(C)c1ccc(C(C)=O)cc1. The van der Waals surface area contributed by atoms with Crippen LogP contribution in [-0.4, -0.2) is 19.0 Å².